The average Bonchev–Trinajstić information content (AvgIpc) is 2.15. The second-order valence-corrected chi connectivity index (χ2v) is 3.33. The fraction of sp³-hybridized carbons (Fsp3) is 0.500. The Bertz CT molecular complexity index is 273. The zero-order valence-electron chi connectivity index (χ0n) is 7.31. The first-order chi connectivity index (χ1) is 6.25. The molecule has 3 heteroatoms. The second-order valence-electron chi connectivity index (χ2n) is 2.87. The highest BCUT2D eigenvalue weighted by Gasteiger charge is 2.18. The van der Waals surface area contributed by atoms with Crippen molar-refractivity contribution in [2.75, 3.05) is 6.61 Å². The molecule has 1 aliphatic rings. The summed E-state index contributed by atoms with van der Waals surface area (Å²) in [6.07, 6.45) is 8.50. The lowest BCUT2D eigenvalue weighted by molar-refractivity contribution is -0.137. The van der Waals surface area contributed by atoms with Gasteiger partial charge in [-0.25, -0.2) is 4.79 Å². The molecule has 1 rings (SSSR count). The minimum absolute atomic E-state index is 0.0203. The minimum Gasteiger partial charge on any atom is -0.449 e. The van der Waals surface area contributed by atoms with E-state index in [0.29, 0.717) is 17.0 Å². The van der Waals surface area contributed by atoms with Gasteiger partial charge < -0.3 is 4.74 Å². The average molecular weight is 199 g/mol. The van der Waals surface area contributed by atoms with Crippen LogP contribution in [0.1, 0.15) is 25.7 Å². The fourth-order valence-electron chi connectivity index (χ4n) is 1.28. The highest BCUT2D eigenvalue weighted by Crippen LogP contribution is 2.27. The first-order valence-electron chi connectivity index (χ1n) is 4.24. The molecule has 2 nitrogen and oxygen atoms in total. The summed E-state index contributed by atoms with van der Waals surface area (Å²) in [5, 5.41) is 0.633. The summed E-state index contributed by atoms with van der Waals surface area (Å²) in [4.78, 5) is 11.3. The summed E-state index contributed by atoms with van der Waals surface area (Å²) < 4.78 is 4.78. The minimum atomic E-state index is -0.359. The van der Waals surface area contributed by atoms with Crippen LogP contribution in [0.2, 0.25) is 0 Å². The molecular formula is C10H11ClO2. The SMILES string of the molecule is C#CCOC(=O)C1=C(Cl)CCCC1. The molecule has 0 aliphatic heterocycles. The Balaban J connectivity index is 2.59. The van der Waals surface area contributed by atoms with Gasteiger partial charge >= 0.3 is 5.97 Å². The van der Waals surface area contributed by atoms with Crippen molar-refractivity contribution in [2.45, 2.75) is 25.7 Å². The van der Waals surface area contributed by atoms with E-state index < -0.39 is 0 Å². The van der Waals surface area contributed by atoms with Gasteiger partial charge in [-0.1, -0.05) is 17.5 Å². The molecule has 0 aromatic carbocycles. The Kier molecular flexibility index (Phi) is 3.85. The van der Waals surface area contributed by atoms with Crippen molar-refractivity contribution in [1.82, 2.24) is 0 Å². The maximum atomic E-state index is 11.3. The van der Waals surface area contributed by atoms with Crippen LogP contribution < -0.4 is 0 Å². The lowest BCUT2D eigenvalue weighted by Gasteiger charge is -2.13. The Labute approximate surface area is 82.9 Å². The number of carbonyl (C=O) groups is 1. The van der Waals surface area contributed by atoms with Crippen molar-refractivity contribution in [2.24, 2.45) is 0 Å². The number of ether oxygens (including phenoxy) is 1. The zero-order chi connectivity index (χ0) is 9.68. The van der Waals surface area contributed by atoms with E-state index in [-0.39, 0.29) is 12.6 Å². The maximum absolute atomic E-state index is 11.3. The normalized spacial score (nSPS) is 16.6. The number of terminal acetylenes is 1. The van der Waals surface area contributed by atoms with Gasteiger partial charge in [0.2, 0.25) is 0 Å². The van der Waals surface area contributed by atoms with Crippen LogP contribution in [0.3, 0.4) is 0 Å². The smallest absolute Gasteiger partial charge is 0.336 e. The predicted molar refractivity (Wildman–Crippen MR) is 51.1 cm³/mol. The lowest BCUT2D eigenvalue weighted by atomic mass is 9.99. The number of allylic oxidation sites excluding steroid dienone is 1. The quantitative estimate of drug-likeness (QED) is 0.503. The van der Waals surface area contributed by atoms with Crippen LogP contribution in [0.15, 0.2) is 10.6 Å². The molecule has 0 saturated carbocycles. The van der Waals surface area contributed by atoms with E-state index in [1.807, 2.05) is 0 Å². The summed E-state index contributed by atoms with van der Waals surface area (Å²) in [7, 11) is 0. The van der Waals surface area contributed by atoms with E-state index in [1.54, 1.807) is 0 Å². The molecule has 0 bridgehead atoms. The molecule has 0 radical (unpaired) electrons. The first-order valence-corrected chi connectivity index (χ1v) is 4.61. The van der Waals surface area contributed by atoms with Gasteiger partial charge in [0.25, 0.3) is 0 Å². The van der Waals surface area contributed by atoms with Crippen LogP contribution in [-0.4, -0.2) is 12.6 Å². The molecule has 0 amide bonds. The van der Waals surface area contributed by atoms with Crippen LogP contribution in [0.25, 0.3) is 0 Å². The summed E-state index contributed by atoms with van der Waals surface area (Å²) in [5.74, 6) is 1.89. The molecular weight excluding hydrogens is 188 g/mol. The van der Waals surface area contributed by atoms with Gasteiger partial charge in [-0.3, -0.25) is 0 Å². The van der Waals surface area contributed by atoms with E-state index >= 15 is 0 Å². The van der Waals surface area contributed by atoms with Crippen molar-refractivity contribution in [3.8, 4) is 12.3 Å². The van der Waals surface area contributed by atoms with Gasteiger partial charge in [-0.05, 0) is 25.7 Å². The summed E-state index contributed by atoms with van der Waals surface area (Å²) in [5.41, 5.74) is 0.600. The molecule has 0 unspecified atom stereocenters. The van der Waals surface area contributed by atoms with Gasteiger partial charge in [0.05, 0.1) is 5.57 Å². The van der Waals surface area contributed by atoms with E-state index in [2.05, 4.69) is 5.92 Å². The van der Waals surface area contributed by atoms with Gasteiger partial charge in [0.1, 0.15) is 0 Å². The number of hydrogen-bond donors (Lipinski definition) is 0. The predicted octanol–water partition coefficient (Wildman–Crippen LogP) is 2.23. The maximum Gasteiger partial charge on any atom is 0.336 e. The van der Waals surface area contributed by atoms with Crippen molar-refractivity contribution < 1.29 is 9.53 Å². The molecule has 0 fully saturated rings. The third-order valence-electron chi connectivity index (χ3n) is 1.93. The summed E-state index contributed by atoms with van der Waals surface area (Å²) >= 11 is 5.88. The third-order valence-corrected chi connectivity index (χ3v) is 2.35. The van der Waals surface area contributed by atoms with Gasteiger partial charge in [-0.15, -0.1) is 6.42 Å². The topological polar surface area (TPSA) is 26.3 Å². The number of halogens is 1. The first kappa shape index (κ1) is 10.1. The standard InChI is InChI=1S/C10H11ClO2/c1-2-7-13-10(12)8-5-3-4-6-9(8)11/h1H,3-7H2. The Morgan fingerprint density at radius 3 is 2.85 bits per heavy atom. The lowest BCUT2D eigenvalue weighted by Crippen LogP contribution is -2.12. The molecule has 0 saturated heterocycles. The highest BCUT2D eigenvalue weighted by molar-refractivity contribution is 6.31. The molecule has 13 heavy (non-hydrogen) atoms. The van der Waals surface area contributed by atoms with E-state index in [9.17, 15) is 4.79 Å². The van der Waals surface area contributed by atoms with Crippen molar-refractivity contribution >= 4 is 17.6 Å². The van der Waals surface area contributed by atoms with Gasteiger partial charge in [0, 0.05) is 5.03 Å². The second kappa shape index (κ2) is 4.94. The van der Waals surface area contributed by atoms with Crippen LogP contribution in [0, 0.1) is 12.3 Å². The van der Waals surface area contributed by atoms with Crippen LogP contribution in [0.4, 0.5) is 0 Å². The largest absolute Gasteiger partial charge is 0.449 e. The molecule has 0 spiro atoms. The van der Waals surface area contributed by atoms with Crippen molar-refractivity contribution in [1.29, 1.82) is 0 Å². The molecule has 0 aromatic rings. The molecule has 0 heterocycles. The van der Waals surface area contributed by atoms with Crippen molar-refractivity contribution in [3.63, 3.8) is 0 Å². The van der Waals surface area contributed by atoms with Gasteiger partial charge in [-0.2, -0.15) is 0 Å². The fourth-order valence-corrected chi connectivity index (χ4v) is 1.58. The van der Waals surface area contributed by atoms with Gasteiger partial charge in [0.15, 0.2) is 6.61 Å². The Hall–Kier alpha value is -0.940. The molecule has 70 valence electrons. The van der Waals surface area contributed by atoms with E-state index in [4.69, 9.17) is 22.8 Å². The summed E-state index contributed by atoms with van der Waals surface area (Å²) in [6, 6.07) is 0. The number of rotatable bonds is 2. The molecule has 1 aliphatic carbocycles. The van der Waals surface area contributed by atoms with E-state index in [0.717, 1.165) is 19.3 Å². The highest BCUT2D eigenvalue weighted by atomic mass is 35.5. The van der Waals surface area contributed by atoms with E-state index in [1.165, 1.54) is 0 Å². The Morgan fingerprint density at radius 1 is 1.54 bits per heavy atom. The summed E-state index contributed by atoms with van der Waals surface area (Å²) in [6.45, 7) is 0.0203. The van der Waals surface area contributed by atoms with Crippen LogP contribution in [0.5, 0.6) is 0 Å². The number of hydrogen-bond acceptors (Lipinski definition) is 2. The van der Waals surface area contributed by atoms with Crippen molar-refractivity contribution in [3.05, 3.63) is 10.6 Å². The number of carbonyl (C=O) groups excluding carboxylic acids is 1. The van der Waals surface area contributed by atoms with Crippen LogP contribution in [-0.2, 0) is 9.53 Å². The molecule has 0 aromatic heterocycles. The Morgan fingerprint density at radius 2 is 2.23 bits per heavy atom. The zero-order valence-corrected chi connectivity index (χ0v) is 8.06. The molecule has 0 atom stereocenters. The van der Waals surface area contributed by atoms with Crippen LogP contribution >= 0.6 is 11.6 Å². The third kappa shape index (κ3) is 2.78. The monoisotopic (exact) mass is 198 g/mol. The molecule has 0 N–H and O–H groups in total. The number of esters is 1.